The Kier molecular flexibility index (Phi) is 14.8. The molecule has 50 heavy (non-hydrogen) atoms. The normalized spacial score (nSPS) is 10.6. The lowest BCUT2D eigenvalue weighted by Crippen LogP contribution is -2.27. The Morgan fingerprint density at radius 3 is 1.06 bits per heavy atom. The second kappa shape index (κ2) is 18.9. The summed E-state index contributed by atoms with van der Waals surface area (Å²) in [6.45, 7) is 0.366. The molecule has 0 aliphatic heterocycles. The van der Waals surface area contributed by atoms with Crippen molar-refractivity contribution in [2.75, 3.05) is 83.1 Å². The Morgan fingerprint density at radius 2 is 0.740 bits per heavy atom. The number of carbonyl (C=O) groups excluding carboxylic acids is 4. The number of ether oxygens (including phenoxy) is 4. The average Bonchev–Trinajstić information content (AvgIpc) is 3.15. The van der Waals surface area contributed by atoms with Gasteiger partial charge in [-0.3, -0.25) is 38.5 Å². The van der Waals surface area contributed by atoms with Crippen LogP contribution in [0, 0.1) is 0 Å². The first-order valence-electron chi connectivity index (χ1n) is 15.1. The molecule has 0 aliphatic carbocycles. The lowest BCUT2D eigenvalue weighted by molar-refractivity contribution is -0.0761. The lowest BCUT2D eigenvalue weighted by atomic mass is 10.1. The molecule has 0 unspecified atom stereocenters. The minimum absolute atomic E-state index is 0.0591. The largest absolute Gasteiger partial charge is 0.490 e. The molecule has 0 bridgehead atoms. The molecule has 0 aromatic heterocycles. The van der Waals surface area contributed by atoms with E-state index in [1.165, 1.54) is 93.0 Å². The number of hydrogen-bond donors (Lipinski definition) is 0. The predicted octanol–water partition coefficient (Wildman–Crippen LogP) is 3.14. The Morgan fingerprint density at radius 1 is 0.440 bits per heavy atom. The van der Waals surface area contributed by atoms with Gasteiger partial charge < -0.3 is 18.9 Å². The van der Waals surface area contributed by atoms with Gasteiger partial charge in [-0.05, 0) is 60.7 Å². The number of amides is 4. The van der Waals surface area contributed by atoms with Crippen LogP contribution < -0.4 is 18.9 Å². The predicted molar refractivity (Wildman–Crippen MR) is 178 cm³/mol. The molecule has 16 nitrogen and oxygen atoms in total. The third kappa shape index (κ3) is 10.3. The molecule has 16 heteroatoms. The molecule has 0 atom stereocenters. The van der Waals surface area contributed by atoms with E-state index in [0.29, 0.717) is 11.5 Å². The quantitative estimate of drug-likeness (QED) is 0.142. The molecule has 0 spiro atoms. The van der Waals surface area contributed by atoms with Crippen LogP contribution in [0.4, 0.5) is 0 Å². The summed E-state index contributed by atoms with van der Waals surface area (Å²) in [6.07, 6.45) is 0. The zero-order valence-electron chi connectivity index (χ0n) is 29.3. The molecule has 3 rings (SSSR count). The number of rotatable bonds is 18. The molecule has 0 aliphatic rings. The van der Waals surface area contributed by atoms with Crippen LogP contribution in [0.1, 0.15) is 41.4 Å². The van der Waals surface area contributed by atoms with E-state index in [9.17, 15) is 19.2 Å². The third-order valence-electron chi connectivity index (χ3n) is 7.20. The fourth-order valence-electron chi connectivity index (χ4n) is 4.19. The van der Waals surface area contributed by atoms with Crippen molar-refractivity contribution in [1.82, 2.24) is 20.3 Å². The first kappa shape index (κ1) is 39.0. The minimum atomic E-state index is -0.463. The number of carbonyl (C=O) groups is 4. The Balaban J connectivity index is 1.57. The zero-order chi connectivity index (χ0) is 36.8. The van der Waals surface area contributed by atoms with Gasteiger partial charge in [-0.1, -0.05) is 0 Å². The maximum absolute atomic E-state index is 12.8. The molecule has 4 amide bonds. The van der Waals surface area contributed by atoms with E-state index in [0.717, 1.165) is 20.3 Å². The van der Waals surface area contributed by atoms with Crippen molar-refractivity contribution in [3.8, 4) is 23.0 Å². The van der Waals surface area contributed by atoms with Gasteiger partial charge in [-0.25, -0.2) is 20.3 Å². The van der Waals surface area contributed by atoms with Crippen molar-refractivity contribution in [2.45, 2.75) is 0 Å². The highest BCUT2D eigenvalue weighted by atomic mass is 16.7. The van der Waals surface area contributed by atoms with Gasteiger partial charge in [0, 0.05) is 39.3 Å². The minimum Gasteiger partial charge on any atom is -0.490 e. The van der Waals surface area contributed by atoms with Crippen LogP contribution in [-0.2, 0) is 19.4 Å². The van der Waals surface area contributed by atoms with Gasteiger partial charge in [-0.15, -0.1) is 0 Å². The standard InChI is InChI=1S/C34H42N4O12/c1-35(43-5)31(39)23-9-15-27(33(41)37(3)45-7)29(21-23)49-19-17-47-25-11-13-26(14-12-25)48-18-20-50-30-22-24(32(40)36(2)44-6)10-16-28(30)34(42)38(4)46-8/h9-16,21-22H,17-20H2,1-8H3. The van der Waals surface area contributed by atoms with Crippen LogP contribution >= 0.6 is 0 Å². The summed E-state index contributed by atoms with van der Waals surface area (Å²) < 4.78 is 23.3. The van der Waals surface area contributed by atoms with Crippen molar-refractivity contribution in [2.24, 2.45) is 0 Å². The lowest BCUT2D eigenvalue weighted by Gasteiger charge is -2.19. The number of nitrogens with zero attached hydrogens (tertiary/aromatic N) is 4. The van der Waals surface area contributed by atoms with E-state index in [2.05, 4.69) is 0 Å². The highest BCUT2D eigenvalue weighted by Gasteiger charge is 2.22. The topological polar surface area (TPSA) is 155 Å². The van der Waals surface area contributed by atoms with Gasteiger partial charge >= 0.3 is 0 Å². The van der Waals surface area contributed by atoms with Gasteiger partial charge in [0.25, 0.3) is 23.6 Å². The van der Waals surface area contributed by atoms with E-state index < -0.39 is 23.6 Å². The van der Waals surface area contributed by atoms with E-state index in [1.807, 2.05) is 0 Å². The molecular formula is C34H42N4O12. The van der Waals surface area contributed by atoms with Gasteiger partial charge in [0.1, 0.15) is 49.4 Å². The molecule has 0 saturated heterocycles. The Hall–Kier alpha value is -5.42. The first-order chi connectivity index (χ1) is 23.9. The van der Waals surface area contributed by atoms with Crippen LogP contribution in [0.2, 0.25) is 0 Å². The summed E-state index contributed by atoms with van der Waals surface area (Å²) in [4.78, 5) is 70.6. The van der Waals surface area contributed by atoms with E-state index >= 15 is 0 Å². The summed E-state index contributed by atoms with van der Waals surface area (Å²) in [5.41, 5.74) is 0.908. The third-order valence-corrected chi connectivity index (χ3v) is 7.20. The summed E-state index contributed by atoms with van der Waals surface area (Å²) in [5.74, 6) is -0.360. The number of hydroxylamine groups is 8. The first-order valence-corrected chi connectivity index (χ1v) is 15.1. The van der Waals surface area contributed by atoms with Crippen LogP contribution in [0.25, 0.3) is 0 Å². The molecule has 0 fully saturated rings. The van der Waals surface area contributed by atoms with Crippen molar-refractivity contribution >= 4 is 23.6 Å². The van der Waals surface area contributed by atoms with Gasteiger partial charge in [0.2, 0.25) is 0 Å². The van der Waals surface area contributed by atoms with Gasteiger partial charge in [0.15, 0.2) is 0 Å². The second-order valence-corrected chi connectivity index (χ2v) is 10.2. The summed E-state index contributed by atoms with van der Waals surface area (Å²) in [6, 6.07) is 15.7. The van der Waals surface area contributed by atoms with Gasteiger partial charge in [0.05, 0.1) is 39.6 Å². The highest BCUT2D eigenvalue weighted by Crippen LogP contribution is 2.25. The van der Waals surface area contributed by atoms with Gasteiger partial charge in [-0.2, -0.15) is 0 Å². The molecule has 3 aromatic carbocycles. The Bertz CT molecular complexity index is 1500. The SMILES string of the molecule is CON(C)C(=O)c1ccc(C(=O)N(C)OC)c(OCCOc2ccc(OCCOc3cc(C(=O)N(C)OC)ccc3C(=O)N(C)OC)cc2)c1. The molecule has 0 radical (unpaired) electrons. The molecule has 3 aromatic rings. The molecular weight excluding hydrogens is 656 g/mol. The molecule has 270 valence electrons. The van der Waals surface area contributed by atoms with E-state index in [-0.39, 0.29) is 60.2 Å². The molecule has 0 N–H and O–H groups in total. The van der Waals surface area contributed by atoms with Crippen LogP contribution in [0.3, 0.4) is 0 Å². The van der Waals surface area contributed by atoms with Crippen LogP contribution in [0.15, 0.2) is 60.7 Å². The Labute approximate surface area is 290 Å². The van der Waals surface area contributed by atoms with Crippen molar-refractivity contribution in [3.63, 3.8) is 0 Å². The maximum Gasteiger partial charge on any atom is 0.280 e. The summed E-state index contributed by atoms with van der Waals surface area (Å²) in [7, 11) is 11.3. The smallest absolute Gasteiger partial charge is 0.280 e. The van der Waals surface area contributed by atoms with Crippen molar-refractivity contribution in [3.05, 3.63) is 82.9 Å². The second-order valence-electron chi connectivity index (χ2n) is 10.2. The van der Waals surface area contributed by atoms with E-state index in [1.54, 1.807) is 24.3 Å². The molecule has 0 saturated carbocycles. The zero-order valence-corrected chi connectivity index (χ0v) is 29.3. The van der Waals surface area contributed by atoms with Crippen molar-refractivity contribution in [1.29, 1.82) is 0 Å². The number of benzene rings is 3. The fraction of sp³-hybridized carbons (Fsp3) is 0.353. The van der Waals surface area contributed by atoms with E-state index in [4.69, 9.17) is 38.3 Å². The molecule has 0 heterocycles. The summed E-state index contributed by atoms with van der Waals surface area (Å²) >= 11 is 0. The highest BCUT2D eigenvalue weighted by molar-refractivity contribution is 6.00. The summed E-state index contributed by atoms with van der Waals surface area (Å²) in [5, 5.41) is 4.19. The van der Waals surface area contributed by atoms with Crippen molar-refractivity contribution < 1.29 is 57.5 Å². The van der Waals surface area contributed by atoms with Crippen LogP contribution in [-0.4, -0.2) is 127 Å². The van der Waals surface area contributed by atoms with Crippen LogP contribution in [0.5, 0.6) is 23.0 Å². The maximum atomic E-state index is 12.8. The fourth-order valence-corrected chi connectivity index (χ4v) is 4.19. The number of hydrogen-bond acceptors (Lipinski definition) is 12. The average molecular weight is 699 g/mol. The monoisotopic (exact) mass is 698 g/mol.